The number of carbonyl (C=O) groups excluding carboxylic acids is 2. The molecule has 9 heteroatoms. The van der Waals surface area contributed by atoms with Gasteiger partial charge in [-0.05, 0) is 55.3 Å². The third kappa shape index (κ3) is 5.25. The van der Waals surface area contributed by atoms with Crippen molar-refractivity contribution < 1.29 is 18.4 Å². The maximum absolute atomic E-state index is 13.9. The number of hydrogen-bond donors (Lipinski definition) is 3. The van der Waals surface area contributed by atoms with Crippen LogP contribution in [0.25, 0.3) is 0 Å². The van der Waals surface area contributed by atoms with Crippen LogP contribution in [0.15, 0.2) is 54.7 Å². The average Bonchev–Trinajstić information content (AvgIpc) is 2.80. The van der Waals surface area contributed by atoms with E-state index in [1.165, 1.54) is 6.20 Å². The summed E-state index contributed by atoms with van der Waals surface area (Å²) >= 11 is 0. The van der Waals surface area contributed by atoms with Crippen LogP contribution in [-0.4, -0.2) is 23.3 Å². The van der Waals surface area contributed by atoms with Crippen molar-refractivity contribution in [3.05, 3.63) is 77.5 Å². The summed E-state index contributed by atoms with van der Waals surface area (Å²) in [5.74, 6) is -1.29. The number of nitrogens with one attached hydrogen (secondary N) is 2. The zero-order valence-electron chi connectivity index (χ0n) is 17.8. The van der Waals surface area contributed by atoms with Crippen molar-refractivity contribution in [3.63, 3.8) is 0 Å². The minimum Gasteiger partial charge on any atom is -0.380 e. The summed E-state index contributed by atoms with van der Waals surface area (Å²) in [6.45, 7) is 0.661. The van der Waals surface area contributed by atoms with Gasteiger partial charge in [-0.25, -0.2) is 13.8 Å². The fraction of sp³-hybridized carbons (Fsp3) is 0.208. The van der Waals surface area contributed by atoms with Crippen molar-refractivity contribution in [1.29, 1.82) is 0 Å². The Hall–Kier alpha value is -4.01. The highest BCUT2D eigenvalue weighted by Gasteiger charge is 2.19. The monoisotopic (exact) mass is 451 g/mol. The third-order valence-electron chi connectivity index (χ3n) is 5.42. The first kappa shape index (κ1) is 22.2. The minimum absolute atomic E-state index is 0.0497. The van der Waals surface area contributed by atoms with Gasteiger partial charge in [-0.1, -0.05) is 0 Å². The van der Waals surface area contributed by atoms with Gasteiger partial charge < -0.3 is 21.3 Å². The number of carbonyl (C=O) groups is 2. The Bertz CT molecular complexity index is 1180. The first-order valence-electron chi connectivity index (χ1n) is 10.6. The number of piperidine rings is 1. The second-order valence-corrected chi connectivity index (χ2v) is 7.74. The Morgan fingerprint density at radius 2 is 1.88 bits per heavy atom. The zero-order valence-corrected chi connectivity index (χ0v) is 17.8. The summed E-state index contributed by atoms with van der Waals surface area (Å²) in [5, 5.41) is 6.06. The number of hydrogen-bond acceptors (Lipinski definition) is 5. The van der Waals surface area contributed by atoms with Crippen LogP contribution < -0.4 is 21.3 Å². The van der Waals surface area contributed by atoms with E-state index in [9.17, 15) is 18.4 Å². The van der Waals surface area contributed by atoms with E-state index in [1.54, 1.807) is 11.0 Å². The lowest BCUT2D eigenvalue weighted by molar-refractivity contribution is -0.119. The topological polar surface area (TPSA) is 100 Å². The summed E-state index contributed by atoms with van der Waals surface area (Å²) in [6, 6.07) is 12.1. The lowest BCUT2D eigenvalue weighted by Gasteiger charge is -2.26. The number of pyridine rings is 1. The number of aromatic nitrogens is 1. The second kappa shape index (κ2) is 9.64. The highest BCUT2D eigenvalue weighted by Crippen LogP contribution is 2.26. The van der Waals surface area contributed by atoms with Crippen LogP contribution in [0.1, 0.15) is 35.2 Å². The van der Waals surface area contributed by atoms with Crippen LogP contribution in [0, 0.1) is 11.6 Å². The van der Waals surface area contributed by atoms with Crippen LogP contribution >= 0.6 is 0 Å². The second-order valence-electron chi connectivity index (χ2n) is 7.74. The number of nitrogens with zero attached hydrogens (tertiary/aromatic N) is 2. The van der Waals surface area contributed by atoms with Gasteiger partial charge >= 0.3 is 0 Å². The maximum Gasteiger partial charge on any atom is 0.252 e. The van der Waals surface area contributed by atoms with Crippen LogP contribution in [0.2, 0.25) is 0 Å². The van der Waals surface area contributed by atoms with Gasteiger partial charge in [0.1, 0.15) is 17.5 Å². The molecule has 2 aromatic carbocycles. The van der Waals surface area contributed by atoms with Crippen LogP contribution in [-0.2, 0) is 11.3 Å². The molecule has 1 aliphatic rings. The molecule has 4 N–H and O–H groups in total. The molecule has 1 saturated heterocycles. The van der Waals surface area contributed by atoms with E-state index in [-0.39, 0.29) is 23.6 Å². The van der Waals surface area contributed by atoms with Crippen molar-refractivity contribution in [2.24, 2.45) is 5.73 Å². The van der Waals surface area contributed by atoms with E-state index < -0.39 is 17.5 Å². The van der Waals surface area contributed by atoms with Crippen molar-refractivity contribution in [3.8, 4) is 0 Å². The molecule has 0 unspecified atom stereocenters. The molecule has 0 spiro atoms. The standard InChI is InChI=1S/C24H23F2N5O2/c25-16-4-9-20(26)15(11-16)13-28-21-12-22(29-14-19(21)24(27)33)30-17-5-7-18(8-6-17)31-10-2-1-3-23(31)32/h4-9,11-12,14H,1-3,10,13H2,(H2,27,33)(H2,28,29,30). The fourth-order valence-electron chi connectivity index (χ4n) is 3.69. The van der Waals surface area contributed by atoms with Gasteiger partial charge in [0, 0.05) is 48.7 Å². The number of nitrogens with two attached hydrogens (primary N) is 1. The van der Waals surface area contributed by atoms with Gasteiger partial charge in [-0.3, -0.25) is 9.59 Å². The Kier molecular flexibility index (Phi) is 6.48. The van der Waals surface area contributed by atoms with E-state index in [2.05, 4.69) is 15.6 Å². The third-order valence-corrected chi connectivity index (χ3v) is 5.42. The molecular formula is C24H23F2N5O2. The van der Waals surface area contributed by atoms with E-state index in [0.29, 0.717) is 24.5 Å². The molecule has 2 amide bonds. The predicted octanol–water partition coefficient (Wildman–Crippen LogP) is 4.33. The summed E-state index contributed by atoms with van der Waals surface area (Å²) in [6.07, 6.45) is 3.78. The Morgan fingerprint density at radius 3 is 2.61 bits per heavy atom. The molecule has 2 heterocycles. The predicted molar refractivity (Wildman–Crippen MR) is 122 cm³/mol. The molecule has 3 aromatic rings. The zero-order chi connectivity index (χ0) is 23.4. The molecule has 0 radical (unpaired) electrons. The van der Waals surface area contributed by atoms with Crippen LogP contribution in [0.4, 0.5) is 31.7 Å². The first-order valence-corrected chi connectivity index (χ1v) is 10.6. The number of amides is 2. The SMILES string of the molecule is NC(=O)c1cnc(Nc2ccc(N3CCCCC3=O)cc2)cc1NCc1cc(F)ccc1F. The molecule has 1 fully saturated rings. The van der Waals surface area contributed by atoms with Crippen LogP contribution in [0.5, 0.6) is 0 Å². The minimum atomic E-state index is -0.702. The number of benzene rings is 2. The van der Waals surface area contributed by atoms with Gasteiger partial charge in [-0.15, -0.1) is 0 Å². The summed E-state index contributed by atoms with van der Waals surface area (Å²) in [5.41, 5.74) is 7.56. The molecule has 1 aliphatic heterocycles. The van der Waals surface area contributed by atoms with Gasteiger partial charge in [0.05, 0.1) is 11.3 Å². The molecule has 0 bridgehead atoms. The Balaban J connectivity index is 1.50. The van der Waals surface area contributed by atoms with Crippen LogP contribution in [0.3, 0.4) is 0 Å². The van der Waals surface area contributed by atoms with Gasteiger partial charge in [0.15, 0.2) is 0 Å². The lowest BCUT2D eigenvalue weighted by atomic mass is 10.1. The molecule has 1 aromatic heterocycles. The molecule has 4 rings (SSSR count). The number of anilines is 4. The molecular weight excluding hydrogens is 428 g/mol. The van der Waals surface area contributed by atoms with Crippen molar-refractivity contribution in [2.45, 2.75) is 25.8 Å². The van der Waals surface area contributed by atoms with E-state index >= 15 is 0 Å². The molecule has 0 atom stereocenters. The average molecular weight is 451 g/mol. The molecule has 33 heavy (non-hydrogen) atoms. The molecule has 0 saturated carbocycles. The molecule has 170 valence electrons. The number of halogens is 2. The number of rotatable bonds is 7. The van der Waals surface area contributed by atoms with Gasteiger partial charge in [-0.2, -0.15) is 0 Å². The normalized spacial score (nSPS) is 13.6. The van der Waals surface area contributed by atoms with Gasteiger partial charge in [0.25, 0.3) is 5.91 Å². The van der Waals surface area contributed by atoms with Gasteiger partial charge in [0.2, 0.25) is 5.91 Å². The maximum atomic E-state index is 13.9. The van der Waals surface area contributed by atoms with E-state index in [4.69, 9.17) is 5.73 Å². The lowest BCUT2D eigenvalue weighted by Crippen LogP contribution is -2.35. The smallest absolute Gasteiger partial charge is 0.252 e. The van der Waals surface area contributed by atoms with Crippen molar-refractivity contribution >= 4 is 34.7 Å². The van der Waals surface area contributed by atoms with E-state index in [1.807, 2.05) is 24.3 Å². The summed E-state index contributed by atoms with van der Waals surface area (Å²) < 4.78 is 27.4. The molecule has 7 nitrogen and oxygen atoms in total. The van der Waals surface area contributed by atoms with Crippen molar-refractivity contribution in [1.82, 2.24) is 4.98 Å². The molecule has 0 aliphatic carbocycles. The first-order chi connectivity index (χ1) is 15.9. The largest absolute Gasteiger partial charge is 0.380 e. The summed E-state index contributed by atoms with van der Waals surface area (Å²) in [7, 11) is 0. The summed E-state index contributed by atoms with van der Waals surface area (Å²) in [4.78, 5) is 29.9. The fourth-order valence-corrected chi connectivity index (χ4v) is 3.69. The Morgan fingerprint density at radius 1 is 1.09 bits per heavy atom. The highest BCUT2D eigenvalue weighted by atomic mass is 19.1. The number of primary amides is 1. The van der Waals surface area contributed by atoms with E-state index in [0.717, 1.165) is 42.4 Å². The Labute approximate surface area is 189 Å². The quantitative estimate of drug-likeness (QED) is 0.496. The van der Waals surface area contributed by atoms with Crippen molar-refractivity contribution in [2.75, 3.05) is 22.1 Å². The highest BCUT2D eigenvalue weighted by molar-refractivity contribution is 5.98.